The Bertz CT molecular complexity index is 2680. The standard InChI is InChI=1S/C25H22OSi.C18H16OSi.C16H6.H2/c1-5-13-22(14-6-1)21-26-27(23-15-7-2-8-16-23,24-17-9-3-10-18-24)25-19-11-4-12-20-25;19-20(16-10-4-1-5-11-16,17-12-6-2-7-13-17)18-14-8-3-9-15-18;1-3-5-7-9-11-13-15-16-14-12-10-8-6-4-2;/h1-20H,21H2;1-15,19H;1-2H3;1H. The minimum absolute atomic E-state index is 0. The Labute approximate surface area is 377 Å². The third kappa shape index (κ3) is 13.7. The first-order valence-corrected chi connectivity index (χ1v) is 24.1. The lowest BCUT2D eigenvalue weighted by molar-refractivity contribution is 0.312. The van der Waals surface area contributed by atoms with Crippen molar-refractivity contribution in [3.8, 4) is 82.9 Å². The third-order valence-electron chi connectivity index (χ3n) is 9.35. The van der Waals surface area contributed by atoms with Crippen LogP contribution in [0.25, 0.3) is 0 Å². The van der Waals surface area contributed by atoms with Crippen molar-refractivity contribution in [2.75, 3.05) is 0 Å². The van der Waals surface area contributed by atoms with E-state index in [4.69, 9.17) is 4.43 Å². The number of hydrogen-bond donors (Lipinski definition) is 1. The molecule has 0 aliphatic rings. The second kappa shape index (κ2) is 26.1. The van der Waals surface area contributed by atoms with Gasteiger partial charge in [-0.05, 0) is 122 Å². The van der Waals surface area contributed by atoms with Crippen LogP contribution in [0.4, 0.5) is 0 Å². The Balaban J connectivity index is 0.000000218. The fourth-order valence-corrected chi connectivity index (χ4v) is 13.4. The number of rotatable bonds is 9. The van der Waals surface area contributed by atoms with E-state index in [1.54, 1.807) is 13.8 Å². The highest BCUT2D eigenvalue weighted by Gasteiger charge is 2.42. The normalized spacial score (nSPS) is 9.38. The van der Waals surface area contributed by atoms with Crippen molar-refractivity contribution in [2.45, 2.75) is 20.5 Å². The summed E-state index contributed by atoms with van der Waals surface area (Å²) in [7, 11) is -5.48. The van der Waals surface area contributed by atoms with Gasteiger partial charge in [0.15, 0.2) is 0 Å². The van der Waals surface area contributed by atoms with Gasteiger partial charge in [0.05, 0.1) is 6.61 Å². The highest BCUT2D eigenvalue weighted by Crippen LogP contribution is 2.13. The highest BCUT2D eigenvalue weighted by molar-refractivity contribution is 7.07. The fourth-order valence-electron chi connectivity index (χ4n) is 6.51. The first-order valence-electron chi connectivity index (χ1n) is 20.2. The molecule has 0 amide bonds. The summed E-state index contributed by atoms with van der Waals surface area (Å²) in [5.41, 5.74) is 1.19. The molecule has 0 radical (unpaired) electrons. The lowest BCUT2D eigenvalue weighted by Gasteiger charge is -2.33. The van der Waals surface area contributed by atoms with Gasteiger partial charge in [-0.15, -0.1) is 0 Å². The van der Waals surface area contributed by atoms with Crippen LogP contribution in [0.3, 0.4) is 0 Å². The summed E-state index contributed by atoms with van der Waals surface area (Å²) in [6.45, 7) is 4.01. The smallest absolute Gasteiger partial charge is 0.288 e. The van der Waals surface area contributed by atoms with E-state index in [1.165, 1.54) is 21.1 Å². The second-order valence-electron chi connectivity index (χ2n) is 13.4. The van der Waals surface area contributed by atoms with Gasteiger partial charge in [0, 0.05) is 1.43 Å². The SMILES string of the molecule is CC#CC#CC#CC#CC#CC#CC#CC.O[Si](c1ccccc1)(c1ccccc1)c1ccccc1.[HH].c1ccc(CO[Si](c2ccccc2)(c2ccccc2)c2ccccc2)cc1. The lowest BCUT2D eigenvalue weighted by atomic mass is 10.2. The van der Waals surface area contributed by atoms with Gasteiger partial charge in [-0.25, -0.2) is 0 Å². The Morgan fingerprint density at radius 1 is 0.333 bits per heavy atom. The zero-order chi connectivity index (χ0) is 44.1. The van der Waals surface area contributed by atoms with Crippen molar-refractivity contribution >= 4 is 47.8 Å². The van der Waals surface area contributed by atoms with Crippen molar-refractivity contribution in [1.29, 1.82) is 0 Å². The quantitative estimate of drug-likeness (QED) is 0.0985. The molecule has 302 valence electrons. The summed E-state index contributed by atoms with van der Waals surface area (Å²) < 4.78 is 6.91. The van der Waals surface area contributed by atoms with Gasteiger partial charge in [-0.1, -0.05) is 224 Å². The molecule has 0 spiro atoms. The van der Waals surface area contributed by atoms with E-state index in [9.17, 15) is 4.80 Å². The number of hydrogen-bond acceptors (Lipinski definition) is 2. The van der Waals surface area contributed by atoms with Crippen LogP contribution < -0.4 is 31.1 Å². The van der Waals surface area contributed by atoms with E-state index >= 15 is 0 Å². The molecule has 0 unspecified atom stereocenters. The maximum atomic E-state index is 11.6. The molecule has 0 aromatic heterocycles. The predicted octanol–water partition coefficient (Wildman–Crippen LogP) is 6.81. The van der Waals surface area contributed by atoms with E-state index < -0.39 is 16.6 Å². The summed E-state index contributed by atoms with van der Waals surface area (Å²) in [6, 6.07) is 72.5. The topological polar surface area (TPSA) is 29.5 Å². The molecule has 7 aromatic rings. The molecule has 0 atom stereocenters. The third-order valence-corrected chi connectivity index (χ3v) is 16.9. The first kappa shape index (κ1) is 45.9. The van der Waals surface area contributed by atoms with Gasteiger partial charge in [-0.3, -0.25) is 0 Å². The summed E-state index contributed by atoms with van der Waals surface area (Å²) in [4.78, 5) is 11.6. The van der Waals surface area contributed by atoms with Crippen LogP contribution in [0.5, 0.6) is 0 Å². The van der Waals surface area contributed by atoms with E-state index in [1.807, 2.05) is 97.1 Å². The highest BCUT2D eigenvalue weighted by atomic mass is 28.4. The van der Waals surface area contributed by atoms with Crippen molar-refractivity contribution in [3.63, 3.8) is 0 Å². The molecule has 0 aliphatic heterocycles. The molecule has 7 rings (SSSR count). The Kier molecular flexibility index (Phi) is 19.0. The van der Waals surface area contributed by atoms with Crippen molar-refractivity contribution < 1.29 is 10.6 Å². The summed E-state index contributed by atoms with van der Waals surface area (Å²) >= 11 is 0. The zero-order valence-electron chi connectivity index (χ0n) is 35.3. The molecular formula is C59H46O2Si2. The molecule has 0 heterocycles. The zero-order valence-corrected chi connectivity index (χ0v) is 37.3. The molecule has 0 saturated heterocycles. The average molecular weight is 843 g/mol. The summed E-state index contributed by atoms with van der Waals surface area (Å²) in [5.74, 6) is 35.6. The first-order chi connectivity index (χ1) is 31.1. The molecule has 0 bridgehead atoms. The van der Waals surface area contributed by atoms with Crippen LogP contribution in [-0.4, -0.2) is 21.4 Å². The van der Waals surface area contributed by atoms with Crippen LogP contribution >= 0.6 is 0 Å². The van der Waals surface area contributed by atoms with Gasteiger partial charge in [0.1, 0.15) is 0 Å². The number of benzene rings is 7. The van der Waals surface area contributed by atoms with Crippen LogP contribution in [-0.2, 0) is 11.0 Å². The van der Waals surface area contributed by atoms with Gasteiger partial charge in [0.25, 0.3) is 16.6 Å². The van der Waals surface area contributed by atoms with Crippen LogP contribution in [0.1, 0.15) is 20.8 Å². The minimum atomic E-state index is -2.88. The maximum absolute atomic E-state index is 11.6. The summed E-state index contributed by atoms with van der Waals surface area (Å²) in [5, 5.41) is 6.82. The molecule has 63 heavy (non-hydrogen) atoms. The molecule has 4 heteroatoms. The van der Waals surface area contributed by atoms with Crippen LogP contribution in [0, 0.1) is 82.9 Å². The van der Waals surface area contributed by atoms with E-state index in [0.29, 0.717) is 6.61 Å². The van der Waals surface area contributed by atoms with Gasteiger partial charge < -0.3 is 9.22 Å². The van der Waals surface area contributed by atoms with E-state index in [0.717, 1.165) is 15.6 Å². The van der Waals surface area contributed by atoms with Crippen molar-refractivity contribution in [3.05, 3.63) is 218 Å². The van der Waals surface area contributed by atoms with Crippen molar-refractivity contribution in [2.24, 2.45) is 0 Å². The molecule has 1 N–H and O–H groups in total. The Hall–Kier alpha value is -8.19. The summed E-state index contributed by atoms with van der Waals surface area (Å²) in [6.07, 6.45) is 0. The molecule has 2 nitrogen and oxygen atoms in total. The molecule has 0 fully saturated rings. The second-order valence-corrected chi connectivity index (χ2v) is 19.9. The molecule has 0 aliphatic carbocycles. The van der Waals surface area contributed by atoms with Crippen LogP contribution in [0.15, 0.2) is 212 Å². The van der Waals surface area contributed by atoms with E-state index in [-0.39, 0.29) is 1.43 Å². The lowest BCUT2D eigenvalue weighted by Crippen LogP contribution is -2.69. The van der Waals surface area contributed by atoms with Gasteiger partial charge in [0.2, 0.25) is 0 Å². The monoisotopic (exact) mass is 842 g/mol. The van der Waals surface area contributed by atoms with Gasteiger partial charge >= 0.3 is 0 Å². The molecule has 0 saturated carbocycles. The van der Waals surface area contributed by atoms with Crippen molar-refractivity contribution in [1.82, 2.24) is 0 Å². The maximum Gasteiger partial charge on any atom is 0.288 e. The van der Waals surface area contributed by atoms with Gasteiger partial charge in [-0.2, -0.15) is 0 Å². The largest absolute Gasteiger partial charge is 0.421 e. The van der Waals surface area contributed by atoms with Crippen LogP contribution in [0.2, 0.25) is 0 Å². The van der Waals surface area contributed by atoms with E-state index in [2.05, 4.69) is 198 Å². The average Bonchev–Trinajstić information content (AvgIpc) is 3.37. The molecular weight excluding hydrogens is 797 g/mol. The fraction of sp³-hybridized carbons (Fsp3) is 0.0508. The Morgan fingerprint density at radius 2 is 0.556 bits per heavy atom. The minimum Gasteiger partial charge on any atom is -0.421 e. The Morgan fingerprint density at radius 3 is 0.810 bits per heavy atom. The molecule has 7 aromatic carbocycles. The predicted molar refractivity (Wildman–Crippen MR) is 269 cm³/mol.